The Morgan fingerprint density at radius 2 is 1.78 bits per heavy atom. The van der Waals surface area contributed by atoms with Crippen LogP contribution in [0.3, 0.4) is 0 Å². The second kappa shape index (κ2) is 11.4. The summed E-state index contributed by atoms with van der Waals surface area (Å²) in [7, 11) is 0. The van der Waals surface area contributed by atoms with E-state index in [9.17, 15) is 27.9 Å². The number of amides is 1. The Morgan fingerprint density at radius 1 is 1.14 bits per heavy atom. The maximum absolute atomic E-state index is 13.7. The molecule has 0 radical (unpaired) electrons. The molecule has 1 saturated heterocycles. The van der Waals surface area contributed by atoms with Gasteiger partial charge in [0, 0.05) is 36.4 Å². The van der Waals surface area contributed by atoms with E-state index in [1.165, 1.54) is 30.3 Å². The lowest BCUT2D eigenvalue weighted by molar-refractivity contribution is -0.139. The van der Waals surface area contributed by atoms with Crippen LogP contribution in [-0.2, 0) is 23.9 Å². The third-order valence-electron chi connectivity index (χ3n) is 5.90. The van der Waals surface area contributed by atoms with Crippen LogP contribution < -0.4 is 21.7 Å². The third kappa shape index (κ3) is 6.95. The number of hydrogen-bond acceptors (Lipinski definition) is 5. The third-order valence-corrected chi connectivity index (χ3v) is 5.90. The van der Waals surface area contributed by atoms with Crippen LogP contribution in [0.5, 0.6) is 0 Å². The highest BCUT2D eigenvalue weighted by Gasteiger charge is 2.35. The summed E-state index contributed by atoms with van der Waals surface area (Å²) in [6, 6.07) is 8.77. The summed E-state index contributed by atoms with van der Waals surface area (Å²) >= 11 is 0. The fraction of sp³-hybridized carbons (Fsp3) is 0.375. The molecule has 1 aliphatic rings. The molecule has 36 heavy (non-hydrogen) atoms. The van der Waals surface area contributed by atoms with Crippen molar-refractivity contribution in [1.29, 1.82) is 0 Å². The topological polar surface area (TPSA) is 154 Å². The summed E-state index contributed by atoms with van der Waals surface area (Å²) in [6.07, 6.45) is -4.11. The number of carboxylic acids is 1. The van der Waals surface area contributed by atoms with Crippen LogP contribution in [0.1, 0.15) is 39.9 Å². The molecule has 7 N–H and O–H groups in total. The van der Waals surface area contributed by atoms with E-state index < -0.39 is 35.8 Å². The van der Waals surface area contributed by atoms with Crippen molar-refractivity contribution < 1.29 is 33.0 Å². The van der Waals surface area contributed by atoms with Crippen LogP contribution >= 0.6 is 0 Å². The standard InChI is InChI=1S/C24H28F3N5O4/c25-24(26,27)18-2-1-3-20(32-10-8-16(33)9-11-32)17(18)13-30-23(29)31-21(34)15-6-4-14(5-7-15)12-19(28)22(35)36/h1-7,16,19,33H,8-13,28H2,(H,35,36)(H3,29,30,31,34)/t19-/m0/s1. The Balaban J connectivity index is 1.74. The van der Waals surface area contributed by atoms with Crippen LogP contribution in [0.25, 0.3) is 0 Å². The fourth-order valence-electron chi connectivity index (χ4n) is 3.95. The molecule has 1 aliphatic heterocycles. The number of aliphatic hydroxyl groups excluding tert-OH is 1. The Labute approximate surface area is 205 Å². The predicted octanol–water partition coefficient (Wildman–Crippen LogP) is 1.87. The van der Waals surface area contributed by atoms with Gasteiger partial charge in [-0.3, -0.25) is 9.59 Å². The first-order valence-corrected chi connectivity index (χ1v) is 11.3. The minimum Gasteiger partial charge on any atom is -0.480 e. The SMILES string of the molecule is N/C(=N\C(=O)c1ccc(C[C@H](N)C(=O)O)cc1)NCc1c(N2CCC(O)CC2)cccc1C(F)(F)F. The van der Waals surface area contributed by atoms with Crippen LogP contribution in [0.2, 0.25) is 0 Å². The number of rotatable bonds is 7. The summed E-state index contributed by atoms with van der Waals surface area (Å²) in [5.74, 6) is -2.22. The van der Waals surface area contributed by atoms with Gasteiger partial charge in [0.2, 0.25) is 0 Å². The smallest absolute Gasteiger partial charge is 0.416 e. The first-order chi connectivity index (χ1) is 17.0. The highest BCUT2D eigenvalue weighted by Crippen LogP contribution is 2.37. The Kier molecular flexibility index (Phi) is 8.53. The van der Waals surface area contributed by atoms with Gasteiger partial charge in [-0.2, -0.15) is 18.2 Å². The van der Waals surface area contributed by atoms with Gasteiger partial charge in [-0.25, -0.2) is 0 Å². The van der Waals surface area contributed by atoms with E-state index in [0.717, 1.165) is 6.07 Å². The lowest BCUT2D eigenvalue weighted by atomic mass is 10.0. The number of carbonyl (C=O) groups excluding carboxylic acids is 1. The molecule has 3 rings (SSSR count). The number of aliphatic hydroxyl groups is 1. The van der Waals surface area contributed by atoms with E-state index in [2.05, 4.69) is 10.3 Å². The normalized spacial score (nSPS) is 16.0. The number of anilines is 1. The van der Waals surface area contributed by atoms with Gasteiger partial charge in [0.25, 0.3) is 5.91 Å². The molecule has 1 fully saturated rings. The monoisotopic (exact) mass is 507 g/mol. The number of piperidine rings is 1. The van der Waals surface area contributed by atoms with Gasteiger partial charge in [-0.15, -0.1) is 0 Å². The molecule has 1 atom stereocenters. The van der Waals surface area contributed by atoms with Crippen LogP contribution in [0.4, 0.5) is 18.9 Å². The first-order valence-electron chi connectivity index (χ1n) is 11.3. The lowest BCUT2D eigenvalue weighted by Crippen LogP contribution is -2.38. The second-order valence-corrected chi connectivity index (χ2v) is 8.52. The van der Waals surface area contributed by atoms with Gasteiger partial charge < -0.3 is 31.9 Å². The summed E-state index contributed by atoms with van der Waals surface area (Å²) in [5.41, 5.74) is 11.6. The summed E-state index contributed by atoms with van der Waals surface area (Å²) < 4.78 is 41.2. The van der Waals surface area contributed by atoms with Crippen molar-refractivity contribution in [2.75, 3.05) is 18.0 Å². The zero-order valence-corrected chi connectivity index (χ0v) is 19.3. The van der Waals surface area contributed by atoms with E-state index in [1.807, 2.05) is 0 Å². The molecule has 0 aromatic heterocycles. The summed E-state index contributed by atoms with van der Waals surface area (Å²) in [6.45, 7) is 0.495. The predicted molar refractivity (Wildman–Crippen MR) is 127 cm³/mol. The van der Waals surface area contributed by atoms with E-state index in [-0.39, 0.29) is 30.1 Å². The van der Waals surface area contributed by atoms with Gasteiger partial charge >= 0.3 is 12.1 Å². The van der Waals surface area contributed by atoms with E-state index in [1.54, 1.807) is 11.0 Å². The molecule has 0 aliphatic carbocycles. The first kappa shape index (κ1) is 27.0. The highest BCUT2D eigenvalue weighted by atomic mass is 19.4. The Morgan fingerprint density at radius 3 is 2.36 bits per heavy atom. The molecule has 1 amide bonds. The van der Waals surface area contributed by atoms with Gasteiger partial charge in [0.15, 0.2) is 5.96 Å². The number of aliphatic carboxylic acids is 1. The number of nitrogens with zero attached hydrogens (tertiary/aromatic N) is 2. The number of carbonyl (C=O) groups is 2. The van der Waals surface area contributed by atoms with E-state index >= 15 is 0 Å². The molecule has 2 aromatic carbocycles. The molecule has 194 valence electrons. The van der Waals surface area contributed by atoms with Crippen LogP contribution in [0, 0.1) is 0 Å². The van der Waals surface area contributed by atoms with Crippen LogP contribution in [0.15, 0.2) is 47.5 Å². The van der Waals surface area contributed by atoms with Gasteiger partial charge in [-0.05, 0) is 49.1 Å². The van der Waals surface area contributed by atoms with Crippen molar-refractivity contribution in [3.8, 4) is 0 Å². The fourth-order valence-corrected chi connectivity index (χ4v) is 3.95. The average molecular weight is 508 g/mol. The van der Waals surface area contributed by atoms with Crippen molar-refractivity contribution in [3.63, 3.8) is 0 Å². The average Bonchev–Trinajstić information content (AvgIpc) is 2.82. The number of alkyl halides is 3. The maximum Gasteiger partial charge on any atom is 0.416 e. The lowest BCUT2D eigenvalue weighted by Gasteiger charge is -2.33. The molecular formula is C24H28F3N5O4. The number of halogens is 3. The van der Waals surface area contributed by atoms with Crippen molar-refractivity contribution in [3.05, 3.63) is 64.7 Å². The zero-order chi connectivity index (χ0) is 26.5. The molecule has 0 spiro atoms. The van der Waals surface area contributed by atoms with Gasteiger partial charge in [0.1, 0.15) is 6.04 Å². The van der Waals surface area contributed by atoms with Crippen molar-refractivity contribution in [1.82, 2.24) is 5.32 Å². The molecule has 0 saturated carbocycles. The van der Waals surface area contributed by atoms with Crippen molar-refractivity contribution in [2.45, 2.75) is 44.1 Å². The molecule has 9 nitrogen and oxygen atoms in total. The summed E-state index contributed by atoms with van der Waals surface area (Å²) in [4.78, 5) is 28.8. The number of aliphatic imine (C=N–C) groups is 1. The second-order valence-electron chi connectivity index (χ2n) is 8.52. The number of carboxylic acid groups (broad SMARTS) is 1. The maximum atomic E-state index is 13.7. The van der Waals surface area contributed by atoms with E-state index in [4.69, 9.17) is 16.6 Å². The minimum absolute atomic E-state index is 0.0360. The highest BCUT2D eigenvalue weighted by molar-refractivity contribution is 6.02. The molecule has 0 unspecified atom stereocenters. The van der Waals surface area contributed by atoms with Crippen LogP contribution in [-0.4, -0.2) is 53.3 Å². The molecular weight excluding hydrogens is 479 g/mol. The van der Waals surface area contributed by atoms with Crippen molar-refractivity contribution >= 4 is 23.5 Å². The van der Waals surface area contributed by atoms with Gasteiger partial charge in [0.05, 0.1) is 11.7 Å². The largest absolute Gasteiger partial charge is 0.480 e. The molecule has 2 aromatic rings. The minimum atomic E-state index is -4.60. The number of hydrogen-bond donors (Lipinski definition) is 5. The summed E-state index contributed by atoms with van der Waals surface area (Å²) in [5, 5.41) is 21.2. The zero-order valence-electron chi connectivity index (χ0n) is 19.3. The van der Waals surface area contributed by atoms with Gasteiger partial charge in [-0.1, -0.05) is 18.2 Å². The molecule has 12 heteroatoms. The molecule has 1 heterocycles. The number of guanidine groups is 1. The quantitative estimate of drug-likeness (QED) is 0.281. The number of nitrogens with two attached hydrogens (primary N) is 2. The Hall–Kier alpha value is -3.64. The Bertz CT molecular complexity index is 1110. The molecule has 0 bridgehead atoms. The van der Waals surface area contributed by atoms with Crippen molar-refractivity contribution in [2.24, 2.45) is 16.5 Å². The number of nitrogens with one attached hydrogen (secondary N) is 1. The number of benzene rings is 2. The van der Waals surface area contributed by atoms with E-state index in [0.29, 0.717) is 37.2 Å².